The van der Waals surface area contributed by atoms with Crippen molar-refractivity contribution in [2.24, 2.45) is 0 Å². The average Bonchev–Trinajstić information content (AvgIpc) is 2.68. The van der Waals surface area contributed by atoms with Crippen molar-refractivity contribution in [3.05, 3.63) is 72.6 Å². The number of halogens is 1. The van der Waals surface area contributed by atoms with Crippen LogP contribution >= 0.6 is 0 Å². The molecule has 0 saturated heterocycles. The molecule has 0 aromatic heterocycles. The van der Waals surface area contributed by atoms with Gasteiger partial charge in [-0.25, -0.2) is 14.0 Å². The molecule has 6 nitrogen and oxygen atoms in total. The van der Waals surface area contributed by atoms with Crippen molar-refractivity contribution >= 4 is 11.9 Å². The van der Waals surface area contributed by atoms with Crippen LogP contribution < -0.4 is 9.47 Å². The van der Waals surface area contributed by atoms with Gasteiger partial charge in [-0.2, -0.15) is 0 Å². The molecule has 0 saturated carbocycles. The molecule has 29 heavy (non-hydrogen) atoms. The molecule has 0 radical (unpaired) electrons. The van der Waals surface area contributed by atoms with E-state index in [0.29, 0.717) is 16.9 Å². The van der Waals surface area contributed by atoms with Crippen LogP contribution in [-0.2, 0) is 19.1 Å². The van der Waals surface area contributed by atoms with E-state index < -0.39 is 17.8 Å². The molecule has 0 unspecified atom stereocenters. The SMILES string of the molecule is C=C(C)C(=O)OCOc1ccc(-c2ccc(OCOC(=O)C(=C)C)cc2F)cc1. The van der Waals surface area contributed by atoms with Gasteiger partial charge in [-0.05, 0) is 43.7 Å². The van der Waals surface area contributed by atoms with E-state index >= 15 is 0 Å². The fraction of sp³-hybridized carbons (Fsp3) is 0.182. The predicted molar refractivity (Wildman–Crippen MR) is 105 cm³/mol. The molecule has 2 aromatic rings. The molecule has 0 atom stereocenters. The number of carbonyl (C=O) groups excluding carboxylic acids is 2. The van der Waals surface area contributed by atoms with E-state index in [2.05, 4.69) is 13.2 Å². The van der Waals surface area contributed by atoms with Crippen LogP contribution in [0.5, 0.6) is 11.5 Å². The lowest BCUT2D eigenvalue weighted by Crippen LogP contribution is -2.10. The summed E-state index contributed by atoms with van der Waals surface area (Å²) in [6, 6.07) is 10.9. The zero-order chi connectivity index (χ0) is 21.4. The minimum atomic E-state index is -0.584. The molecule has 0 fully saturated rings. The van der Waals surface area contributed by atoms with Gasteiger partial charge in [0.05, 0.1) is 0 Å². The fourth-order valence-corrected chi connectivity index (χ4v) is 2.10. The molecule has 0 bridgehead atoms. The molecule has 0 aliphatic heterocycles. The maximum atomic E-state index is 14.4. The summed E-state index contributed by atoms with van der Waals surface area (Å²) in [5, 5.41) is 0. The van der Waals surface area contributed by atoms with Crippen LogP contribution in [0, 0.1) is 5.82 Å². The Labute approximate surface area is 168 Å². The maximum absolute atomic E-state index is 14.4. The molecule has 7 heteroatoms. The highest BCUT2D eigenvalue weighted by atomic mass is 19.1. The Morgan fingerprint density at radius 1 is 0.828 bits per heavy atom. The lowest BCUT2D eigenvalue weighted by molar-refractivity contribution is -0.146. The van der Waals surface area contributed by atoms with Crippen molar-refractivity contribution in [2.45, 2.75) is 13.8 Å². The summed E-state index contributed by atoms with van der Waals surface area (Å²) in [5.74, 6) is -0.944. The summed E-state index contributed by atoms with van der Waals surface area (Å²) >= 11 is 0. The standard InChI is InChI=1S/C22H21FO6/c1-14(2)21(24)28-12-26-17-7-5-16(6-8-17)19-10-9-18(11-20(19)23)27-13-29-22(25)15(3)4/h5-11H,1,3,12-13H2,2,4H3. The number of hydrogen-bond acceptors (Lipinski definition) is 6. The molecule has 0 amide bonds. The van der Waals surface area contributed by atoms with Gasteiger partial charge in [0, 0.05) is 22.8 Å². The van der Waals surface area contributed by atoms with E-state index in [0.717, 1.165) is 0 Å². The number of benzene rings is 2. The van der Waals surface area contributed by atoms with E-state index in [1.54, 1.807) is 36.4 Å². The summed E-state index contributed by atoms with van der Waals surface area (Å²) in [4.78, 5) is 22.6. The number of esters is 2. The van der Waals surface area contributed by atoms with Gasteiger partial charge in [0.2, 0.25) is 13.6 Å². The smallest absolute Gasteiger partial charge is 0.335 e. The first-order valence-corrected chi connectivity index (χ1v) is 8.58. The Kier molecular flexibility index (Phi) is 7.54. The Bertz CT molecular complexity index is 917. The van der Waals surface area contributed by atoms with Gasteiger partial charge < -0.3 is 18.9 Å². The monoisotopic (exact) mass is 400 g/mol. The first kappa shape index (κ1) is 21.7. The molecule has 0 spiro atoms. The average molecular weight is 400 g/mol. The molecule has 152 valence electrons. The van der Waals surface area contributed by atoms with Crippen LogP contribution in [0.25, 0.3) is 11.1 Å². The molecule has 2 aromatic carbocycles. The van der Waals surface area contributed by atoms with E-state index in [4.69, 9.17) is 18.9 Å². The Morgan fingerprint density at radius 3 is 1.79 bits per heavy atom. The highest BCUT2D eigenvalue weighted by molar-refractivity contribution is 5.87. The normalized spacial score (nSPS) is 10.0. The topological polar surface area (TPSA) is 71.1 Å². The van der Waals surface area contributed by atoms with Crippen molar-refractivity contribution < 1.29 is 32.9 Å². The first-order valence-electron chi connectivity index (χ1n) is 8.58. The minimum absolute atomic E-state index is 0.222. The Hall–Kier alpha value is -3.61. The molecule has 2 rings (SSSR count). The lowest BCUT2D eigenvalue weighted by atomic mass is 10.0. The predicted octanol–water partition coefficient (Wildman–Crippen LogP) is 4.40. The fourth-order valence-electron chi connectivity index (χ4n) is 2.10. The number of carbonyl (C=O) groups is 2. The van der Waals surface area contributed by atoms with Crippen molar-refractivity contribution in [2.75, 3.05) is 13.6 Å². The summed E-state index contributed by atoms with van der Waals surface area (Å²) in [7, 11) is 0. The number of ether oxygens (including phenoxy) is 4. The van der Waals surface area contributed by atoms with Gasteiger partial charge in [0.1, 0.15) is 17.3 Å². The van der Waals surface area contributed by atoms with E-state index in [1.165, 1.54) is 19.9 Å². The van der Waals surface area contributed by atoms with Crippen LogP contribution in [-0.4, -0.2) is 25.5 Å². The summed E-state index contributed by atoms with van der Waals surface area (Å²) < 4.78 is 34.6. The largest absolute Gasteiger partial charge is 0.457 e. The van der Waals surface area contributed by atoms with Crippen molar-refractivity contribution in [1.82, 2.24) is 0 Å². The summed E-state index contributed by atoms with van der Waals surface area (Å²) in [6.45, 7) is 9.39. The van der Waals surface area contributed by atoms with Crippen molar-refractivity contribution in [3.63, 3.8) is 0 Å². The maximum Gasteiger partial charge on any atom is 0.335 e. The van der Waals surface area contributed by atoms with Crippen LogP contribution in [0.1, 0.15) is 13.8 Å². The highest BCUT2D eigenvalue weighted by Gasteiger charge is 2.09. The third kappa shape index (κ3) is 6.49. The quantitative estimate of drug-likeness (QED) is 0.353. The first-order chi connectivity index (χ1) is 13.8. The van der Waals surface area contributed by atoms with Gasteiger partial charge >= 0.3 is 11.9 Å². The van der Waals surface area contributed by atoms with Crippen molar-refractivity contribution in [1.29, 1.82) is 0 Å². The van der Waals surface area contributed by atoms with Gasteiger partial charge in [-0.3, -0.25) is 0 Å². The Balaban J connectivity index is 1.94. The zero-order valence-corrected chi connectivity index (χ0v) is 16.2. The third-order valence-corrected chi connectivity index (χ3v) is 3.63. The molecule has 0 aliphatic carbocycles. The molecular formula is C22H21FO6. The zero-order valence-electron chi connectivity index (χ0n) is 16.2. The number of hydrogen-bond donors (Lipinski definition) is 0. The Morgan fingerprint density at radius 2 is 1.31 bits per heavy atom. The van der Waals surface area contributed by atoms with Crippen LogP contribution in [0.4, 0.5) is 4.39 Å². The van der Waals surface area contributed by atoms with Gasteiger partial charge in [-0.15, -0.1) is 0 Å². The summed E-state index contributed by atoms with van der Waals surface area (Å²) in [5.41, 5.74) is 1.50. The molecule has 0 N–H and O–H groups in total. The summed E-state index contributed by atoms with van der Waals surface area (Å²) in [6.07, 6.45) is 0. The molecule has 0 heterocycles. The van der Waals surface area contributed by atoms with Crippen LogP contribution in [0.15, 0.2) is 66.8 Å². The van der Waals surface area contributed by atoms with E-state index in [1.807, 2.05) is 0 Å². The second-order valence-corrected chi connectivity index (χ2v) is 6.11. The minimum Gasteiger partial charge on any atom is -0.457 e. The lowest BCUT2D eigenvalue weighted by Gasteiger charge is -2.10. The van der Waals surface area contributed by atoms with E-state index in [-0.39, 0.29) is 30.5 Å². The van der Waals surface area contributed by atoms with Gasteiger partial charge in [0.15, 0.2) is 0 Å². The highest BCUT2D eigenvalue weighted by Crippen LogP contribution is 2.28. The molecular weight excluding hydrogens is 379 g/mol. The van der Waals surface area contributed by atoms with Crippen LogP contribution in [0.3, 0.4) is 0 Å². The van der Waals surface area contributed by atoms with Crippen LogP contribution in [0.2, 0.25) is 0 Å². The second-order valence-electron chi connectivity index (χ2n) is 6.11. The third-order valence-electron chi connectivity index (χ3n) is 3.63. The van der Waals surface area contributed by atoms with Gasteiger partial charge in [-0.1, -0.05) is 25.3 Å². The van der Waals surface area contributed by atoms with Gasteiger partial charge in [0.25, 0.3) is 0 Å². The number of rotatable bonds is 9. The second kappa shape index (κ2) is 10.1. The molecule has 0 aliphatic rings. The van der Waals surface area contributed by atoms with E-state index in [9.17, 15) is 14.0 Å². The van der Waals surface area contributed by atoms with Crippen molar-refractivity contribution in [3.8, 4) is 22.6 Å².